The average molecular weight is 336 g/mol. The van der Waals surface area contributed by atoms with Crippen LogP contribution in [-0.2, 0) is 17.8 Å². The molecule has 1 aromatic heterocycles. The van der Waals surface area contributed by atoms with Crippen molar-refractivity contribution >= 4 is 11.4 Å². The zero-order valence-corrected chi connectivity index (χ0v) is 14.4. The normalized spacial score (nSPS) is 15.7. The molecule has 1 heterocycles. The molecule has 22 heavy (non-hydrogen) atoms. The second-order valence-corrected chi connectivity index (χ2v) is 8.37. The molecule has 0 bridgehead atoms. The highest BCUT2D eigenvalue weighted by Crippen LogP contribution is 2.24. The molecular formula is C15H23F3N2OS. The highest BCUT2D eigenvalue weighted by molar-refractivity contribution is 7.90. The van der Waals surface area contributed by atoms with Crippen LogP contribution in [0.15, 0.2) is 12.3 Å². The molecule has 0 aromatic carbocycles. The zero-order valence-electron chi connectivity index (χ0n) is 13.5. The van der Waals surface area contributed by atoms with Crippen molar-refractivity contribution in [1.29, 1.82) is 0 Å². The lowest BCUT2D eigenvalue weighted by Crippen LogP contribution is -2.40. The van der Waals surface area contributed by atoms with E-state index in [4.69, 9.17) is 0 Å². The molecule has 0 amide bonds. The number of hydrogen-bond donors (Lipinski definition) is 1. The van der Waals surface area contributed by atoms with Crippen LogP contribution in [0.25, 0.3) is 0 Å². The van der Waals surface area contributed by atoms with Gasteiger partial charge in [-0.25, -0.2) is 0 Å². The maximum atomic E-state index is 12.3. The molecule has 0 aliphatic heterocycles. The predicted molar refractivity (Wildman–Crippen MR) is 82.8 cm³/mol. The Labute approximate surface area is 133 Å². The van der Waals surface area contributed by atoms with Crippen molar-refractivity contribution in [3.05, 3.63) is 29.1 Å². The van der Waals surface area contributed by atoms with Crippen LogP contribution in [0.4, 0.5) is 13.2 Å². The molecule has 126 valence electrons. The lowest BCUT2D eigenvalue weighted by atomic mass is 10.1. The van der Waals surface area contributed by atoms with E-state index in [9.17, 15) is 17.7 Å². The van der Waals surface area contributed by atoms with Crippen LogP contribution in [0.2, 0.25) is 0 Å². The first kappa shape index (κ1) is 19.3. The summed E-state index contributed by atoms with van der Waals surface area (Å²) in [4.78, 5) is 4.13. The fourth-order valence-electron chi connectivity index (χ4n) is 1.79. The highest BCUT2D eigenvalue weighted by atomic mass is 32.2. The molecule has 1 N–H and O–H groups in total. The van der Waals surface area contributed by atoms with Gasteiger partial charge in [-0.3, -0.25) is 4.98 Å². The van der Waals surface area contributed by atoms with Crippen LogP contribution < -0.4 is 4.72 Å². The van der Waals surface area contributed by atoms with Crippen molar-refractivity contribution in [3.8, 4) is 0 Å². The number of alkyl halides is 3. The summed E-state index contributed by atoms with van der Waals surface area (Å²) in [6, 6.07) is 1.61. The Bertz CT molecular complexity index is 501. The number of hydrogen-bond acceptors (Lipinski definition) is 3. The zero-order chi connectivity index (χ0) is 17.1. The Hall–Kier alpha value is -0.790. The van der Waals surface area contributed by atoms with Gasteiger partial charge in [-0.2, -0.15) is 13.2 Å². The fraction of sp³-hybridized carbons (Fsp3) is 0.667. The Morgan fingerprint density at radius 3 is 2.36 bits per heavy atom. The number of nitrogens with zero attached hydrogens (tertiary/aromatic N) is 1. The lowest BCUT2D eigenvalue weighted by molar-refractivity contribution is -0.134. The number of rotatable bonds is 5. The minimum atomic E-state index is -4.18. The Kier molecular flexibility index (Phi) is 6.29. The smallest absolute Gasteiger partial charge is 0.389 e. The van der Waals surface area contributed by atoms with Crippen LogP contribution in [0.5, 0.6) is 0 Å². The van der Waals surface area contributed by atoms with Crippen LogP contribution in [0.3, 0.4) is 0 Å². The van der Waals surface area contributed by atoms with Gasteiger partial charge in [0, 0.05) is 29.7 Å². The van der Waals surface area contributed by atoms with Gasteiger partial charge in [-0.05, 0) is 52.2 Å². The van der Waals surface area contributed by atoms with Gasteiger partial charge in [0.25, 0.3) is 0 Å². The van der Waals surface area contributed by atoms with E-state index >= 15 is 0 Å². The molecule has 0 saturated carbocycles. The van der Waals surface area contributed by atoms with E-state index in [1.54, 1.807) is 19.2 Å². The van der Waals surface area contributed by atoms with Crippen molar-refractivity contribution in [3.63, 3.8) is 0 Å². The number of aromatic nitrogens is 1. The molecule has 0 saturated heterocycles. The van der Waals surface area contributed by atoms with Gasteiger partial charge in [-0.15, -0.1) is 4.72 Å². The van der Waals surface area contributed by atoms with Gasteiger partial charge >= 0.3 is 6.18 Å². The molecular weight excluding hydrogens is 313 g/mol. The Morgan fingerprint density at radius 2 is 1.91 bits per heavy atom. The third-order valence-corrected chi connectivity index (χ3v) is 4.87. The summed E-state index contributed by atoms with van der Waals surface area (Å²) in [6.07, 6.45) is -3.62. The van der Waals surface area contributed by atoms with Crippen molar-refractivity contribution < 1.29 is 17.7 Å². The summed E-state index contributed by atoms with van der Waals surface area (Å²) in [5.41, 5.74) is 1.98. The second kappa shape index (κ2) is 7.19. The first-order valence-electron chi connectivity index (χ1n) is 7.10. The van der Waals surface area contributed by atoms with E-state index < -0.39 is 24.0 Å². The van der Waals surface area contributed by atoms with Gasteiger partial charge in [0.2, 0.25) is 0 Å². The summed E-state index contributed by atoms with van der Waals surface area (Å²) in [5, 5.41) is 0. The fourth-order valence-corrected chi connectivity index (χ4v) is 2.60. The highest BCUT2D eigenvalue weighted by Gasteiger charge is 2.29. The van der Waals surface area contributed by atoms with E-state index in [1.165, 1.54) is 0 Å². The minimum absolute atomic E-state index is 0.120. The van der Waals surface area contributed by atoms with Crippen LogP contribution in [0.1, 0.15) is 57.0 Å². The van der Waals surface area contributed by atoms with Crippen molar-refractivity contribution in [2.45, 2.75) is 64.4 Å². The summed E-state index contributed by atoms with van der Waals surface area (Å²) in [5.74, 6) is 0. The number of halogens is 3. The van der Waals surface area contributed by atoms with Crippen LogP contribution >= 0.6 is 0 Å². The van der Waals surface area contributed by atoms with Crippen molar-refractivity contribution in [2.75, 3.05) is 0 Å². The molecule has 1 rings (SSSR count). The van der Waals surface area contributed by atoms with Gasteiger partial charge in [0.05, 0.1) is 6.04 Å². The Morgan fingerprint density at radius 1 is 1.32 bits per heavy atom. The standard InChI is InChI=1S/C15H23F3N2OS/c1-10-8-12(11(2)20-22(21)14(3,4)5)9-19-13(10)6-7-15(16,17)18/h8-9,11,20H,6-7H2,1-5H3/t11?,22-/m1/s1. The van der Waals surface area contributed by atoms with E-state index in [1.807, 2.05) is 27.7 Å². The monoisotopic (exact) mass is 336 g/mol. The first-order valence-corrected chi connectivity index (χ1v) is 8.25. The van der Waals surface area contributed by atoms with E-state index in [0.717, 1.165) is 11.1 Å². The van der Waals surface area contributed by atoms with E-state index in [-0.39, 0.29) is 17.2 Å². The molecule has 0 radical (unpaired) electrons. The molecule has 0 aliphatic carbocycles. The number of aryl methyl sites for hydroxylation is 2. The molecule has 0 fully saturated rings. The topological polar surface area (TPSA) is 48.0 Å². The largest absolute Gasteiger partial charge is 0.598 e. The van der Waals surface area contributed by atoms with Gasteiger partial charge in [-0.1, -0.05) is 6.07 Å². The maximum absolute atomic E-state index is 12.3. The molecule has 1 unspecified atom stereocenters. The van der Waals surface area contributed by atoms with Crippen molar-refractivity contribution in [1.82, 2.24) is 9.71 Å². The molecule has 3 nitrogen and oxygen atoms in total. The Balaban J connectivity index is 2.76. The summed E-state index contributed by atoms with van der Waals surface area (Å²) < 4.78 is 51.5. The molecule has 1 aromatic rings. The first-order chi connectivity index (χ1) is 9.90. The van der Waals surface area contributed by atoms with E-state index in [2.05, 4.69) is 9.71 Å². The van der Waals surface area contributed by atoms with E-state index in [0.29, 0.717) is 5.69 Å². The summed E-state index contributed by atoms with van der Waals surface area (Å²) in [7, 11) is 0. The van der Waals surface area contributed by atoms with Gasteiger partial charge in [0.15, 0.2) is 0 Å². The number of pyridine rings is 1. The third-order valence-electron chi connectivity index (χ3n) is 3.19. The minimum Gasteiger partial charge on any atom is -0.598 e. The quantitative estimate of drug-likeness (QED) is 0.827. The molecule has 2 atom stereocenters. The van der Waals surface area contributed by atoms with Crippen LogP contribution in [0, 0.1) is 6.92 Å². The molecule has 0 spiro atoms. The average Bonchev–Trinajstić information content (AvgIpc) is 2.34. The summed E-state index contributed by atoms with van der Waals surface area (Å²) >= 11 is -1.22. The maximum Gasteiger partial charge on any atom is 0.389 e. The second-order valence-electron chi connectivity index (χ2n) is 6.37. The van der Waals surface area contributed by atoms with Gasteiger partial charge in [0.1, 0.15) is 4.75 Å². The van der Waals surface area contributed by atoms with Crippen LogP contribution in [-0.4, -0.2) is 20.5 Å². The van der Waals surface area contributed by atoms with Gasteiger partial charge < -0.3 is 4.55 Å². The SMILES string of the molecule is Cc1cc(C(C)N[S@+]([O-])C(C)(C)C)cnc1CCC(F)(F)F. The lowest BCUT2D eigenvalue weighted by Gasteiger charge is -2.26. The predicted octanol–water partition coefficient (Wildman–Crippen LogP) is 4.00. The number of nitrogens with one attached hydrogen (secondary N) is 1. The summed E-state index contributed by atoms with van der Waals surface area (Å²) in [6.45, 7) is 9.21. The van der Waals surface area contributed by atoms with Crippen molar-refractivity contribution in [2.24, 2.45) is 0 Å². The molecule has 7 heteroatoms. The third kappa shape index (κ3) is 6.14. The molecule has 0 aliphatic rings.